The number of carboxylic acid groups (broad SMARTS) is 1. The number of allylic oxidation sites excluding steroid dienone is 4. The van der Waals surface area contributed by atoms with E-state index in [1.807, 2.05) is 0 Å². The van der Waals surface area contributed by atoms with Gasteiger partial charge in [-0.1, -0.05) is 59.8 Å². The zero-order valence-electron chi connectivity index (χ0n) is 26.1. The molecule has 0 aromatic carbocycles. The quantitative estimate of drug-likeness (QED) is 0.260. The molecule has 0 heterocycles. The number of fused-ring (bicyclic) bond motifs is 5. The Morgan fingerprint density at radius 1 is 1.00 bits per heavy atom. The van der Waals surface area contributed by atoms with Crippen LogP contribution in [0.1, 0.15) is 107 Å². The van der Waals surface area contributed by atoms with Gasteiger partial charge in [-0.05, 0) is 90.6 Å². The molecule has 4 aliphatic carbocycles. The highest BCUT2D eigenvalue weighted by molar-refractivity contribution is 5.85. The van der Waals surface area contributed by atoms with E-state index in [0.717, 1.165) is 38.5 Å². The van der Waals surface area contributed by atoms with Crippen LogP contribution in [-0.2, 0) is 23.9 Å². The maximum absolute atomic E-state index is 12.1. The van der Waals surface area contributed by atoms with Crippen molar-refractivity contribution in [2.75, 3.05) is 0 Å². The standard InChI is InChI=1S/C34H50O6/c1-20(30(37)38)10-12-27(39-22(3)35)21(2)24-14-18-34(9)26-11-13-28-31(5,6)29(40-23(4)36)16-17-32(28,7)25(26)15-19-33(24,34)8/h10-11,15,21,24,27-29H,12-14,16-19H2,1-9H3,(H,37,38)/b20-10+/t21-,24-,27+,28+,29+,32-,33-,34+/m1/s1. The molecule has 0 aromatic rings. The van der Waals surface area contributed by atoms with Crippen molar-refractivity contribution in [1.29, 1.82) is 0 Å². The number of hydrogen-bond acceptors (Lipinski definition) is 5. The second kappa shape index (κ2) is 10.5. The summed E-state index contributed by atoms with van der Waals surface area (Å²) in [6.45, 7) is 18.6. The molecule has 2 saturated carbocycles. The number of hydrogen-bond donors (Lipinski definition) is 1. The number of carbonyl (C=O) groups is 3. The monoisotopic (exact) mass is 554 g/mol. The van der Waals surface area contributed by atoms with Crippen LogP contribution in [0, 0.1) is 39.4 Å². The molecule has 8 atom stereocenters. The van der Waals surface area contributed by atoms with Crippen molar-refractivity contribution in [2.24, 2.45) is 39.4 Å². The summed E-state index contributed by atoms with van der Waals surface area (Å²) in [6.07, 6.45) is 12.7. The highest BCUT2D eigenvalue weighted by Gasteiger charge is 2.63. The van der Waals surface area contributed by atoms with Gasteiger partial charge in [0.05, 0.1) is 0 Å². The molecule has 2 fully saturated rings. The van der Waals surface area contributed by atoms with Crippen molar-refractivity contribution in [3.63, 3.8) is 0 Å². The molecule has 0 spiro atoms. The first-order valence-corrected chi connectivity index (χ1v) is 15.1. The van der Waals surface area contributed by atoms with E-state index in [1.54, 1.807) is 13.0 Å². The van der Waals surface area contributed by atoms with E-state index in [1.165, 1.54) is 25.0 Å². The Labute approximate surface area is 240 Å². The van der Waals surface area contributed by atoms with Gasteiger partial charge >= 0.3 is 17.9 Å². The third-order valence-corrected chi connectivity index (χ3v) is 12.1. The number of carbonyl (C=O) groups excluding carboxylic acids is 2. The van der Waals surface area contributed by atoms with Crippen molar-refractivity contribution in [2.45, 2.75) is 119 Å². The lowest BCUT2D eigenvalue weighted by Crippen LogP contribution is -2.55. The molecule has 0 bridgehead atoms. The molecule has 222 valence electrons. The van der Waals surface area contributed by atoms with Crippen LogP contribution < -0.4 is 0 Å². The fourth-order valence-corrected chi connectivity index (χ4v) is 9.50. The topological polar surface area (TPSA) is 89.9 Å². The second-order valence-electron chi connectivity index (χ2n) is 14.4. The molecular weight excluding hydrogens is 504 g/mol. The van der Waals surface area contributed by atoms with Crippen molar-refractivity contribution in [3.05, 3.63) is 34.9 Å². The number of carboxylic acids is 1. The molecule has 0 radical (unpaired) electrons. The van der Waals surface area contributed by atoms with E-state index in [2.05, 4.69) is 53.7 Å². The minimum atomic E-state index is -0.944. The summed E-state index contributed by atoms with van der Waals surface area (Å²) in [4.78, 5) is 35.3. The number of ether oxygens (including phenoxy) is 2. The van der Waals surface area contributed by atoms with Crippen molar-refractivity contribution >= 4 is 17.9 Å². The summed E-state index contributed by atoms with van der Waals surface area (Å²) in [5.41, 5.74) is 3.21. The molecule has 0 aromatic heterocycles. The number of esters is 2. The molecule has 6 nitrogen and oxygen atoms in total. The SMILES string of the molecule is CC(=O)O[C@@H](C/C=C(\C)C(=O)O)[C@H](C)[C@H]1CC[C@@]2(C)C3=CC[C@H]4C(C)(C)[C@@H](OC(C)=O)CC[C@]4(C)C3=CC[C@]12C. The summed E-state index contributed by atoms with van der Waals surface area (Å²) < 4.78 is 11.7. The smallest absolute Gasteiger partial charge is 0.330 e. The van der Waals surface area contributed by atoms with Gasteiger partial charge in [0, 0.05) is 31.3 Å². The molecule has 0 amide bonds. The summed E-state index contributed by atoms with van der Waals surface area (Å²) in [6, 6.07) is 0. The van der Waals surface area contributed by atoms with E-state index in [4.69, 9.17) is 9.47 Å². The van der Waals surface area contributed by atoms with Gasteiger partial charge < -0.3 is 14.6 Å². The third kappa shape index (κ3) is 4.77. The Hall–Kier alpha value is -2.37. The first-order valence-electron chi connectivity index (χ1n) is 15.1. The summed E-state index contributed by atoms with van der Waals surface area (Å²) >= 11 is 0. The lowest BCUT2D eigenvalue weighted by Gasteiger charge is -2.61. The summed E-state index contributed by atoms with van der Waals surface area (Å²) in [5.74, 6) is -0.637. The second-order valence-corrected chi connectivity index (χ2v) is 14.4. The molecular formula is C34H50O6. The predicted molar refractivity (Wildman–Crippen MR) is 155 cm³/mol. The molecule has 4 rings (SSSR count). The first-order chi connectivity index (χ1) is 18.5. The van der Waals surface area contributed by atoms with E-state index in [0.29, 0.717) is 18.3 Å². The normalized spacial score (nSPS) is 38.0. The molecule has 1 N–H and O–H groups in total. The first kappa shape index (κ1) is 30.6. The van der Waals surface area contributed by atoms with E-state index in [-0.39, 0.29) is 57.3 Å². The van der Waals surface area contributed by atoms with E-state index >= 15 is 0 Å². The van der Waals surface area contributed by atoms with Crippen LogP contribution in [0.3, 0.4) is 0 Å². The fraction of sp³-hybridized carbons (Fsp3) is 0.735. The Bertz CT molecular complexity index is 1160. The van der Waals surface area contributed by atoms with Gasteiger partial charge in [-0.15, -0.1) is 0 Å². The average Bonchev–Trinajstić information content (AvgIpc) is 3.13. The van der Waals surface area contributed by atoms with Crippen LogP contribution in [0.25, 0.3) is 0 Å². The minimum Gasteiger partial charge on any atom is -0.478 e. The lowest BCUT2D eigenvalue weighted by molar-refractivity contribution is -0.165. The molecule has 6 heteroatoms. The van der Waals surface area contributed by atoms with Crippen LogP contribution in [0.4, 0.5) is 0 Å². The van der Waals surface area contributed by atoms with Crippen molar-refractivity contribution in [1.82, 2.24) is 0 Å². The molecule has 0 aliphatic heterocycles. The van der Waals surface area contributed by atoms with E-state index < -0.39 is 5.97 Å². The van der Waals surface area contributed by atoms with Crippen LogP contribution in [0.2, 0.25) is 0 Å². The van der Waals surface area contributed by atoms with Gasteiger partial charge in [0.25, 0.3) is 0 Å². The predicted octanol–water partition coefficient (Wildman–Crippen LogP) is 7.43. The molecule has 40 heavy (non-hydrogen) atoms. The molecule has 0 saturated heterocycles. The van der Waals surface area contributed by atoms with E-state index in [9.17, 15) is 19.5 Å². The van der Waals surface area contributed by atoms with Crippen molar-refractivity contribution in [3.8, 4) is 0 Å². The Morgan fingerprint density at radius 3 is 2.27 bits per heavy atom. The van der Waals surface area contributed by atoms with Gasteiger partial charge in [-0.3, -0.25) is 9.59 Å². The Kier molecular flexibility index (Phi) is 8.01. The highest BCUT2D eigenvalue weighted by Crippen LogP contribution is 2.72. The van der Waals surface area contributed by atoms with Gasteiger partial charge in [0.1, 0.15) is 12.2 Å². The van der Waals surface area contributed by atoms with Crippen LogP contribution >= 0.6 is 0 Å². The largest absolute Gasteiger partial charge is 0.478 e. The van der Waals surface area contributed by atoms with Gasteiger partial charge in [0.15, 0.2) is 0 Å². The average molecular weight is 555 g/mol. The van der Waals surface area contributed by atoms with Crippen molar-refractivity contribution < 1.29 is 29.0 Å². The van der Waals surface area contributed by atoms with Gasteiger partial charge in [0.2, 0.25) is 0 Å². The number of rotatable bonds is 7. The van der Waals surface area contributed by atoms with Gasteiger partial charge in [-0.25, -0.2) is 4.79 Å². The Morgan fingerprint density at radius 2 is 1.68 bits per heavy atom. The lowest BCUT2D eigenvalue weighted by atomic mass is 9.44. The third-order valence-electron chi connectivity index (χ3n) is 12.1. The zero-order chi connectivity index (χ0) is 29.8. The Balaban J connectivity index is 1.66. The van der Waals surface area contributed by atoms with Crippen LogP contribution in [-0.4, -0.2) is 35.2 Å². The summed E-state index contributed by atoms with van der Waals surface area (Å²) in [7, 11) is 0. The minimum absolute atomic E-state index is 0.000631. The van der Waals surface area contributed by atoms with Crippen LogP contribution in [0.15, 0.2) is 34.9 Å². The molecule has 4 aliphatic rings. The maximum Gasteiger partial charge on any atom is 0.330 e. The highest BCUT2D eigenvalue weighted by atomic mass is 16.5. The molecule has 0 unspecified atom stereocenters. The zero-order valence-corrected chi connectivity index (χ0v) is 26.1. The van der Waals surface area contributed by atoms with Gasteiger partial charge in [-0.2, -0.15) is 0 Å². The fourth-order valence-electron chi connectivity index (χ4n) is 9.50. The van der Waals surface area contributed by atoms with Crippen LogP contribution in [0.5, 0.6) is 0 Å². The maximum atomic E-state index is 12.1. The number of aliphatic carboxylic acids is 1. The summed E-state index contributed by atoms with van der Waals surface area (Å²) in [5, 5.41) is 9.34.